The quantitative estimate of drug-likeness (QED) is 0.543. The molecule has 2 aliphatic carbocycles. The van der Waals surface area contributed by atoms with E-state index in [1.165, 1.54) is 47.9 Å². The molecule has 226 valence electrons. The summed E-state index contributed by atoms with van der Waals surface area (Å²) in [6.07, 6.45) is 6.64. The standard InChI is InChI=1S/C29H41F3N6O3/c1-35-17-33-34-26(35)25(18-6-3-7-18)19-8-4-10-22(12-19)37-16-24-23(29(30,31)32)13-21(15-38(24)27(37)39)20-9-5-11-36(14-20)28(40)41-2/h13,15-16,18-20,22,25-26,33-34H,3-12,14,17H2,1-2H3/t19?,20-,22?,25-,26?/m1/s1. The predicted molar refractivity (Wildman–Crippen MR) is 147 cm³/mol. The Morgan fingerprint density at radius 3 is 2.49 bits per heavy atom. The van der Waals surface area contributed by atoms with Gasteiger partial charge in [-0.1, -0.05) is 25.7 Å². The van der Waals surface area contributed by atoms with E-state index in [2.05, 4.69) is 22.8 Å². The molecule has 4 heterocycles. The number of carbonyl (C=O) groups is 1. The molecule has 41 heavy (non-hydrogen) atoms. The summed E-state index contributed by atoms with van der Waals surface area (Å²) in [5, 5.41) is 0. The first-order valence-corrected chi connectivity index (χ1v) is 15.0. The van der Waals surface area contributed by atoms with Crippen molar-refractivity contribution in [2.75, 3.05) is 33.9 Å². The van der Waals surface area contributed by atoms with Gasteiger partial charge in [-0.05, 0) is 68.5 Å². The van der Waals surface area contributed by atoms with Crippen LogP contribution in [0.25, 0.3) is 5.52 Å². The molecule has 3 unspecified atom stereocenters. The predicted octanol–water partition coefficient (Wildman–Crippen LogP) is 4.54. The fourth-order valence-corrected chi connectivity index (χ4v) is 7.89. The van der Waals surface area contributed by atoms with Gasteiger partial charge in [-0.25, -0.2) is 20.4 Å². The summed E-state index contributed by atoms with van der Waals surface area (Å²) in [5.41, 5.74) is 5.82. The van der Waals surface area contributed by atoms with E-state index in [-0.39, 0.29) is 30.2 Å². The number of rotatable bonds is 5. The smallest absolute Gasteiger partial charge is 0.418 e. The van der Waals surface area contributed by atoms with Crippen molar-refractivity contribution in [3.63, 3.8) is 0 Å². The van der Waals surface area contributed by atoms with Crippen molar-refractivity contribution in [1.29, 1.82) is 0 Å². The van der Waals surface area contributed by atoms with Gasteiger partial charge in [-0.3, -0.25) is 13.9 Å². The van der Waals surface area contributed by atoms with Gasteiger partial charge in [0.1, 0.15) is 0 Å². The molecule has 2 aliphatic heterocycles. The van der Waals surface area contributed by atoms with Gasteiger partial charge in [0.2, 0.25) is 0 Å². The number of halogens is 3. The topological polar surface area (TPSA) is 83.2 Å². The number of hydrazine groups is 1. The number of aromatic nitrogens is 2. The summed E-state index contributed by atoms with van der Waals surface area (Å²) < 4.78 is 50.8. The van der Waals surface area contributed by atoms with Crippen LogP contribution in [0.15, 0.2) is 23.3 Å². The molecule has 0 aromatic carbocycles. The highest BCUT2D eigenvalue weighted by Gasteiger charge is 2.44. The van der Waals surface area contributed by atoms with E-state index in [0.717, 1.165) is 32.4 Å². The summed E-state index contributed by atoms with van der Waals surface area (Å²) in [5.74, 6) is 1.14. The van der Waals surface area contributed by atoms with Gasteiger partial charge in [-0.15, -0.1) is 0 Å². The zero-order valence-electron chi connectivity index (χ0n) is 23.8. The summed E-state index contributed by atoms with van der Waals surface area (Å²) in [4.78, 5) is 29.7. The number of imidazole rings is 1. The summed E-state index contributed by atoms with van der Waals surface area (Å²) in [6.45, 7) is 1.53. The lowest BCUT2D eigenvalue weighted by atomic mass is 9.65. The van der Waals surface area contributed by atoms with Gasteiger partial charge in [0.25, 0.3) is 0 Å². The Bertz CT molecular complexity index is 1320. The second-order valence-corrected chi connectivity index (χ2v) is 12.5. The molecule has 5 atom stereocenters. The van der Waals surface area contributed by atoms with Crippen LogP contribution in [0, 0.1) is 17.8 Å². The highest BCUT2D eigenvalue weighted by atomic mass is 19.4. The van der Waals surface area contributed by atoms with Gasteiger partial charge in [-0.2, -0.15) is 13.2 Å². The van der Waals surface area contributed by atoms with E-state index in [1.54, 1.807) is 10.8 Å². The number of hydrogen-bond acceptors (Lipinski definition) is 6. The molecular weight excluding hydrogens is 537 g/mol. The lowest BCUT2D eigenvalue weighted by Crippen LogP contribution is -2.50. The minimum absolute atomic E-state index is 0.106. The average Bonchev–Trinajstić information content (AvgIpc) is 3.51. The Morgan fingerprint density at radius 1 is 1.07 bits per heavy atom. The first kappa shape index (κ1) is 28.5. The first-order chi connectivity index (χ1) is 19.7. The maximum Gasteiger partial charge on any atom is 0.418 e. The van der Waals surface area contributed by atoms with E-state index >= 15 is 0 Å². The Kier molecular flexibility index (Phi) is 7.84. The Labute approximate surface area is 238 Å². The number of likely N-dealkylation sites (tertiary alicyclic amines) is 1. The number of hydrogen-bond donors (Lipinski definition) is 2. The van der Waals surface area contributed by atoms with E-state index in [0.29, 0.717) is 42.7 Å². The summed E-state index contributed by atoms with van der Waals surface area (Å²) in [7, 11) is 3.41. The van der Waals surface area contributed by atoms with Crippen molar-refractivity contribution in [3.05, 3.63) is 40.1 Å². The van der Waals surface area contributed by atoms with Crippen LogP contribution in [0.5, 0.6) is 0 Å². The SMILES string of the molecule is COC(=O)N1CCC[C@@H](c2cc(C(F)(F)F)c3cn(C4CCCC([C@@H](C5CCC5)C5NNCN5C)C4)c(=O)n3c2)C1. The van der Waals surface area contributed by atoms with Crippen molar-refractivity contribution in [2.45, 2.75) is 82.1 Å². The fraction of sp³-hybridized carbons (Fsp3) is 0.724. The molecule has 2 aromatic heterocycles. The molecule has 6 rings (SSSR count). The molecule has 9 nitrogen and oxygen atoms in total. The Balaban J connectivity index is 1.33. The largest absolute Gasteiger partial charge is 0.453 e. The molecule has 2 saturated heterocycles. The molecule has 0 bridgehead atoms. The van der Waals surface area contributed by atoms with E-state index < -0.39 is 23.5 Å². The molecular formula is C29H41F3N6O3. The van der Waals surface area contributed by atoms with Gasteiger partial charge in [0.15, 0.2) is 0 Å². The third-order valence-electron chi connectivity index (χ3n) is 10.2. The average molecular weight is 579 g/mol. The number of ether oxygens (including phenoxy) is 1. The van der Waals surface area contributed by atoms with E-state index in [1.807, 2.05) is 0 Å². The molecule has 2 N–H and O–H groups in total. The first-order valence-electron chi connectivity index (χ1n) is 15.0. The van der Waals surface area contributed by atoms with Crippen molar-refractivity contribution >= 4 is 11.6 Å². The number of amides is 1. The summed E-state index contributed by atoms with van der Waals surface area (Å²) in [6, 6.07) is 1.03. The maximum atomic E-state index is 14.4. The molecule has 0 spiro atoms. The van der Waals surface area contributed by atoms with Crippen molar-refractivity contribution in [2.24, 2.45) is 17.8 Å². The number of carbonyl (C=O) groups excluding carboxylic acids is 1. The van der Waals surface area contributed by atoms with Crippen molar-refractivity contribution in [1.82, 2.24) is 29.6 Å². The molecule has 12 heteroatoms. The lowest BCUT2D eigenvalue weighted by molar-refractivity contribution is -0.136. The zero-order chi connectivity index (χ0) is 28.9. The number of pyridine rings is 1. The number of nitrogens with one attached hydrogen (secondary N) is 2. The van der Waals surface area contributed by atoms with Gasteiger partial charge < -0.3 is 9.64 Å². The molecule has 0 radical (unpaired) electrons. The van der Waals surface area contributed by atoms with Crippen LogP contribution in [0.3, 0.4) is 0 Å². The van der Waals surface area contributed by atoms with Crippen molar-refractivity contribution in [3.8, 4) is 0 Å². The molecule has 2 saturated carbocycles. The van der Waals surface area contributed by atoms with Crippen LogP contribution in [-0.4, -0.2) is 64.9 Å². The highest BCUT2D eigenvalue weighted by molar-refractivity contribution is 5.67. The highest BCUT2D eigenvalue weighted by Crippen LogP contribution is 2.47. The Morgan fingerprint density at radius 2 is 1.83 bits per heavy atom. The van der Waals surface area contributed by atoms with Crippen LogP contribution in [-0.2, 0) is 10.9 Å². The maximum absolute atomic E-state index is 14.4. The van der Waals surface area contributed by atoms with Crippen molar-refractivity contribution < 1.29 is 22.7 Å². The molecule has 4 fully saturated rings. The second kappa shape index (κ2) is 11.3. The van der Waals surface area contributed by atoms with Gasteiger partial charge in [0.05, 0.1) is 31.0 Å². The number of alkyl halides is 3. The third kappa shape index (κ3) is 5.38. The molecule has 1 amide bonds. The summed E-state index contributed by atoms with van der Waals surface area (Å²) >= 11 is 0. The lowest BCUT2D eigenvalue weighted by Gasteiger charge is -2.46. The van der Waals surface area contributed by atoms with Crippen LogP contribution in [0.2, 0.25) is 0 Å². The minimum Gasteiger partial charge on any atom is -0.453 e. The van der Waals surface area contributed by atoms with Crippen LogP contribution in [0.1, 0.15) is 80.9 Å². The normalized spacial score (nSPS) is 29.0. The van der Waals surface area contributed by atoms with Gasteiger partial charge >= 0.3 is 18.0 Å². The molecule has 4 aliphatic rings. The number of piperidine rings is 1. The second-order valence-electron chi connectivity index (χ2n) is 12.5. The van der Waals surface area contributed by atoms with E-state index in [9.17, 15) is 22.8 Å². The van der Waals surface area contributed by atoms with Crippen LogP contribution < -0.4 is 16.5 Å². The van der Waals surface area contributed by atoms with Gasteiger partial charge in [0, 0.05) is 37.4 Å². The third-order valence-corrected chi connectivity index (χ3v) is 10.2. The molecule has 2 aromatic rings. The van der Waals surface area contributed by atoms with Crippen LogP contribution >= 0.6 is 0 Å². The number of nitrogens with zero attached hydrogens (tertiary/aromatic N) is 4. The number of fused-ring (bicyclic) bond motifs is 1. The zero-order valence-corrected chi connectivity index (χ0v) is 23.8. The number of methoxy groups -OCH3 is 1. The monoisotopic (exact) mass is 578 g/mol. The van der Waals surface area contributed by atoms with Crippen LogP contribution in [0.4, 0.5) is 18.0 Å². The Hall–Kier alpha value is -2.57. The minimum atomic E-state index is -4.62. The van der Waals surface area contributed by atoms with E-state index in [4.69, 9.17) is 4.74 Å². The fourth-order valence-electron chi connectivity index (χ4n) is 7.89.